The second-order valence-corrected chi connectivity index (χ2v) is 7.39. The number of carboxylic acid groups (broad SMARTS) is 1. The molecule has 0 bridgehead atoms. The number of hydrogen-bond acceptors (Lipinski definition) is 3. The number of nitrogens with one attached hydrogen (secondary N) is 1. The quantitative estimate of drug-likeness (QED) is 0.827. The van der Waals surface area contributed by atoms with Crippen LogP contribution in [0.3, 0.4) is 0 Å². The van der Waals surface area contributed by atoms with Gasteiger partial charge in [0, 0.05) is 18.6 Å². The van der Waals surface area contributed by atoms with E-state index in [9.17, 15) is 14.7 Å². The molecule has 0 aromatic rings. The number of hydrogen-bond donors (Lipinski definition) is 2. The summed E-state index contributed by atoms with van der Waals surface area (Å²) in [5, 5.41) is 12.4. The maximum Gasteiger partial charge on any atom is 0.327 e. The van der Waals surface area contributed by atoms with Crippen LogP contribution < -0.4 is 5.32 Å². The van der Waals surface area contributed by atoms with Gasteiger partial charge in [-0.05, 0) is 46.2 Å². The predicted octanol–water partition coefficient (Wildman–Crippen LogP) is 1.61. The summed E-state index contributed by atoms with van der Waals surface area (Å²) >= 11 is 0. The third kappa shape index (κ3) is 4.09. The Kier molecular flexibility index (Phi) is 5.25. The summed E-state index contributed by atoms with van der Waals surface area (Å²) in [6.07, 6.45) is 1.65. The molecule has 1 rings (SSSR count). The van der Waals surface area contributed by atoms with Crippen molar-refractivity contribution in [1.29, 1.82) is 0 Å². The van der Waals surface area contributed by atoms with Crippen molar-refractivity contribution >= 4 is 12.0 Å². The second-order valence-electron chi connectivity index (χ2n) is 7.39. The van der Waals surface area contributed by atoms with Gasteiger partial charge < -0.3 is 20.2 Å². The Morgan fingerprint density at radius 3 is 2.43 bits per heavy atom. The molecule has 1 heterocycles. The molecule has 0 aromatic heterocycles. The van der Waals surface area contributed by atoms with Gasteiger partial charge in [0.25, 0.3) is 0 Å². The summed E-state index contributed by atoms with van der Waals surface area (Å²) in [6, 6.07) is -1.06. The molecule has 2 N–H and O–H groups in total. The molecule has 0 aliphatic carbocycles. The molecule has 21 heavy (non-hydrogen) atoms. The Morgan fingerprint density at radius 2 is 1.95 bits per heavy atom. The summed E-state index contributed by atoms with van der Waals surface area (Å²) in [6.45, 7) is 8.85. The number of piperidine rings is 1. The Labute approximate surface area is 127 Å². The van der Waals surface area contributed by atoms with E-state index < -0.39 is 17.4 Å². The number of aliphatic carboxylic acids is 1. The van der Waals surface area contributed by atoms with Crippen molar-refractivity contribution in [1.82, 2.24) is 15.1 Å². The Balaban J connectivity index is 2.78. The van der Waals surface area contributed by atoms with Crippen LogP contribution in [0.4, 0.5) is 4.79 Å². The second kappa shape index (κ2) is 6.22. The monoisotopic (exact) mass is 299 g/mol. The van der Waals surface area contributed by atoms with E-state index in [1.807, 2.05) is 46.7 Å². The number of amides is 2. The fourth-order valence-electron chi connectivity index (χ4n) is 2.63. The molecule has 0 spiro atoms. The van der Waals surface area contributed by atoms with Crippen molar-refractivity contribution in [2.75, 3.05) is 27.2 Å². The van der Waals surface area contributed by atoms with Crippen LogP contribution >= 0.6 is 0 Å². The number of rotatable bonds is 4. The Morgan fingerprint density at radius 1 is 1.38 bits per heavy atom. The first-order valence-electron chi connectivity index (χ1n) is 7.44. The molecular weight excluding hydrogens is 270 g/mol. The summed E-state index contributed by atoms with van der Waals surface area (Å²) in [5.74, 6) is -0.929. The van der Waals surface area contributed by atoms with Crippen LogP contribution in [0.1, 0.15) is 40.5 Å². The molecule has 1 unspecified atom stereocenters. The van der Waals surface area contributed by atoms with Gasteiger partial charge in [-0.15, -0.1) is 0 Å². The number of carboxylic acids is 1. The van der Waals surface area contributed by atoms with Crippen LogP contribution in [0.5, 0.6) is 0 Å². The molecule has 6 heteroatoms. The highest BCUT2D eigenvalue weighted by atomic mass is 16.4. The van der Waals surface area contributed by atoms with Crippen molar-refractivity contribution in [3.63, 3.8) is 0 Å². The molecule has 0 saturated carbocycles. The summed E-state index contributed by atoms with van der Waals surface area (Å²) in [5.41, 5.74) is -0.585. The SMILES string of the molecule is CN(C)C(C)(C)CNC(=O)N1CCCC(C)(C)C1C(=O)O. The Bertz CT molecular complexity index is 405. The lowest BCUT2D eigenvalue weighted by Crippen LogP contribution is -2.60. The third-order valence-electron chi connectivity index (χ3n) is 4.65. The lowest BCUT2D eigenvalue weighted by atomic mass is 9.76. The van der Waals surface area contributed by atoms with Gasteiger partial charge in [-0.2, -0.15) is 0 Å². The third-order valence-corrected chi connectivity index (χ3v) is 4.65. The van der Waals surface area contributed by atoms with Gasteiger partial charge in [0.15, 0.2) is 0 Å². The van der Waals surface area contributed by atoms with E-state index in [0.717, 1.165) is 12.8 Å². The van der Waals surface area contributed by atoms with Gasteiger partial charge in [0.05, 0.1) is 0 Å². The maximum absolute atomic E-state index is 12.4. The number of nitrogens with zero attached hydrogens (tertiary/aromatic N) is 2. The van der Waals surface area contributed by atoms with Crippen LogP contribution in [0.15, 0.2) is 0 Å². The van der Waals surface area contributed by atoms with Gasteiger partial charge in [-0.1, -0.05) is 13.8 Å². The van der Waals surface area contributed by atoms with Crippen molar-refractivity contribution in [3.05, 3.63) is 0 Å². The molecule has 0 aromatic carbocycles. The number of carbonyl (C=O) groups excluding carboxylic acids is 1. The molecular formula is C15H29N3O3. The van der Waals surface area contributed by atoms with E-state index in [2.05, 4.69) is 5.32 Å². The number of urea groups is 1. The minimum Gasteiger partial charge on any atom is -0.480 e. The van der Waals surface area contributed by atoms with Crippen molar-refractivity contribution < 1.29 is 14.7 Å². The fraction of sp³-hybridized carbons (Fsp3) is 0.867. The summed E-state index contributed by atoms with van der Waals surface area (Å²) in [4.78, 5) is 27.5. The first-order chi connectivity index (χ1) is 9.49. The van der Waals surface area contributed by atoms with Crippen molar-refractivity contribution in [2.24, 2.45) is 5.41 Å². The van der Waals surface area contributed by atoms with E-state index in [0.29, 0.717) is 13.1 Å². The van der Waals surface area contributed by atoms with Crippen LogP contribution in [0.25, 0.3) is 0 Å². The molecule has 1 atom stereocenters. The summed E-state index contributed by atoms with van der Waals surface area (Å²) in [7, 11) is 3.91. The smallest absolute Gasteiger partial charge is 0.327 e. The average molecular weight is 299 g/mol. The highest BCUT2D eigenvalue weighted by Gasteiger charge is 2.44. The topological polar surface area (TPSA) is 72.9 Å². The van der Waals surface area contributed by atoms with Gasteiger partial charge in [0.1, 0.15) is 6.04 Å². The highest BCUT2D eigenvalue weighted by molar-refractivity contribution is 5.83. The van der Waals surface area contributed by atoms with Crippen molar-refractivity contribution in [2.45, 2.75) is 52.1 Å². The van der Waals surface area contributed by atoms with Gasteiger partial charge in [-0.25, -0.2) is 9.59 Å². The average Bonchev–Trinajstić information content (AvgIpc) is 2.33. The number of carbonyl (C=O) groups is 2. The van der Waals surface area contributed by atoms with E-state index in [1.165, 1.54) is 4.90 Å². The maximum atomic E-state index is 12.4. The zero-order valence-electron chi connectivity index (χ0n) is 14.1. The highest BCUT2D eigenvalue weighted by Crippen LogP contribution is 2.35. The molecule has 2 amide bonds. The van der Waals surface area contributed by atoms with E-state index in [4.69, 9.17) is 0 Å². The molecule has 0 radical (unpaired) electrons. The first-order valence-corrected chi connectivity index (χ1v) is 7.44. The minimum atomic E-state index is -0.929. The standard InChI is InChI=1S/C15H29N3O3/c1-14(2)8-7-9-18(11(14)12(19)20)13(21)16-10-15(3,4)17(5)6/h11H,7-10H2,1-6H3,(H,16,21)(H,19,20). The lowest BCUT2D eigenvalue weighted by molar-refractivity contribution is -0.148. The molecule has 1 aliphatic heterocycles. The van der Waals surface area contributed by atoms with Gasteiger partial charge in [0.2, 0.25) is 0 Å². The zero-order valence-corrected chi connectivity index (χ0v) is 14.1. The predicted molar refractivity (Wildman–Crippen MR) is 82.3 cm³/mol. The van der Waals surface area contributed by atoms with E-state index >= 15 is 0 Å². The van der Waals surface area contributed by atoms with E-state index in [1.54, 1.807) is 0 Å². The van der Waals surface area contributed by atoms with Crippen LogP contribution in [-0.2, 0) is 4.79 Å². The number of likely N-dealkylation sites (N-methyl/N-ethyl adjacent to an activating group) is 1. The largest absolute Gasteiger partial charge is 0.480 e. The molecule has 6 nitrogen and oxygen atoms in total. The Hall–Kier alpha value is -1.30. The summed E-state index contributed by atoms with van der Waals surface area (Å²) < 4.78 is 0. The van der Waals surface area contributed by atoms with Crippen molar-refractivity contribution in [3.8, 4) is 0 Å². The molecule has 122 valence electrons. The van der Waals surface area contributed by atoms with Gasteiger partial charge >= 0.3 is 12.0 Å². The number of likely N-dealkylation sites (tertiary alicyclic amines) is 1. The minimum absolute atomic E-state index is 0.181. The van der Waals surface area contributed by atoms with Crippen LogP contribution in [-0.4, -0.2) is 65.7 Å². The first kappa shape index (κ1) is 17.8. The van der Waals surface area contributed by atoms with Crippen LogP contribution in [0, 0.1) is 5.41 Å². The zero-order chi connectivity index (χ0) is 16.4. The normalized spacial score (nSPS) is 22.2. The van der Waals surface area contributed by atoms with Gasteiger partial charge in [-0.3, -0.25) is 0 Å². The fourth-order valence-corrected chi connectivity index (χ4v) is 2.63. The molecule has 1 fully saturated rings. The molecule has 1 saturated heterocycles. The van der Waals surface area contributed by atoms with Crippen LogP contribution in [0.2, 0.25) is 0 Å². The molecule has 1 aliphatic rings. The lowest BCUT2D eigenvalue weighted by Gasteiger charge is -2.44. The van der Waals surface area contributed by atoms with E-state index in [-0.39, 0.29) is 11.6 Å².